The number of amides is 3. The highest BCUT2D eigenvalue weighted by atomic mass is 32.2. The van der Waals surface area contributed by atoms with E-state index in [1.807, 2.05) is 12.1 Å². The molecule has 2 aliphatic rings. The van der Waals surface area contributed by atoms with Gasteiger partial charge in [0.25, 0.3) is 0 Å². The van der Waals surface area contributed by atoms with Crippen LogP contribution in [-0.2, 0) is 19.1 Å². The van der Waals surface area contributed by atoms with Crippen LogP contribution in [-0.4, -0.2) is 77.4 Å². The normalized spacial score (nSPS) is 21.2. The molecule has 0 aliphatic carbocycles. The fourth-order valence-corrected chi connectivity index (χ4v) is 5.71. The molecule has 2 aliphatic heterocycles. The first-order valence-corrected chi connectivity index (χ1v) is 12.4. The van der Waals surface area contributed by atoms with Crippen LogP contribution in [0.2, 0.25) is 0 Å². The number of fused-ring (bicyclic) bond motifs is 1. The lowest BCUT2D eigenvalue weighted by atomic mass is 9.95. The third kappa shape index (κ3) is 5.77. The molecule has 0 radical (unpaired) electrons. The predicted octanol–water partition coefficient (Wildman–Crippen LogP) is 1.46. The van der Waals surface area contributed by atoms with E-state index in [0.29, 0.717) is 44.2 Å². The lowest BCUT2D eigenvalue weighted by Gasteiger charge is -2.30. The van der Waals surface area contributed by atoms with Crippen molar-refractivity contribution in [3.05, 3.63) is 18.2 Å². The van der Waals surface area contributed by atoms with Crippen molar-refractivity contribution < 1.29 is 24.2 Å². The fraction of sp³-hybridized carbons (Fsp3) is 0.524. The van der Waals surface area contributed by atoms with E-state index in [2.05, 4.69) is 15.6 Å². The van der Waals surface area contributed by atoms with Crippen molar-refractivity contribution in [1.82, 2.24) is 15.2 Å². The Morgan fingerprint density at radius 3 is 2.97 bits per heavy atom. The minimum Gasteiger partial charge on any atom is -0.395 e. The van der Waals surface area contributed by atoms with Gasteiger partial charge in [0, 0.05) is 37.7 Å². The van der Waals surface area contributed by atoms with Crippen LogP contribution < -0.4 is 10.6 Å². The molecule has 2 atom stereocenters. The Morgan fingerprint density at radius 1 is 1.34 bits per heavy atom. The molecule has 3 amide bonds. The summed E-state index contributed by atoms with van der Waals surface area (Å²) in [6.07, 6.45) is 1.59. The highest BCUT2D eigenvalue weighted by molar-refractivity contribution is 8.01. The molecule has 4 rings (SSSR count). The molecule has 0 bridgehead atoms. The SMILES string of the molecule is O=C(CSc1nc2ccc(NC(=O)C3CCN(CCO)C(=O)C3)cc2s1)NC1CCOC1. The minimum absolute atomic E-state index is 0.0303. The average molecular weight is 479 g/mol. The van der Waals surface area contributed by atoms with Gasteiger partial charge in [-0.1, -0.05) is 11.8 Å². The van der Waals surface area contributed by atoms with E-state index >= 15 is 0 Å². The maximum atomic E-state index is 12.6. The number of rotatable bonds is 8. The minimum atomic E-state index is -0.371. The molecule has 2 unspecified atom stereocenters. The summed E-state index contributed by atoms with van der Waals surface area (Å²) in [4.78, 5) is 43.0. The summed E-state index contributed by atoms with van der Waals surface area (Å²) in [5, 5.41) is 14.9. The van der Waals surface area contributed by atoms with Crippen LogP contribution >= 0.6 is 23.1 Å². The molecule has 3 N–H and O–H groups in total. The van der Waals surface area contributed by atoms with Gasteiger partial charge >= 0.3 is 0 Å². The first-order chi connectivity index (χ1) is 15.5. The topological polar surface area (TPSA) is 121 Å². The summed E-state index contributed by atoms with van der Waals surface area (Å²) in [6.45, 7) is 1.98. The monoisotopic (exact) mass is 478 g/mol. The molecule has 32 heavy (non-hydrogen) atoms. The van der Waals surface area contributed by atoms with E-state index in [0.717, 1.165) is 21.0 Å². The maximum absolute atomic E-state index is 12.6. The maximum Gasteiger partial charge on any atom is 0.230 e. The van der Waals surface area contributed by atoms with Gasteiger partial charge in [0.2, 0.25) is 17.7 Å². The molecule has 0 saturated carbocycles. The number of anilines is 1. The quantitative estimate of drug-likeness (QED) is 0.491. The molecule has 3 heterocycles. The van der Waals surface area contributed by atoms with Gasteiger partial charge in [-0.25, -0.2) is 4.98 Å². The lowest BCUT2D eigenvalue weighted by molar-refractivity contribution is -0.139. The second-order valence-electron chi connectivity index (χ2n) is 7.86. The number of nitrogens with one attached hydrogen (secondary N) is 2. The zero-order valence-corrected chi connectivity index (χ0v) is 19.2. The van der Waals surface area contributed by atoms with Crippen LogP contribution in [0.15, 0.2) is 22.5 Å². The van der Waals surface area contributed by atoms with Crippen LogP contribution in [0.3, 0.4) is 0 Å². The van der Waals surface area contributed by atoms with Gasteiger partial charge in [0.1, 0.15) is 0 Å². The van der Waals surface area contributed by atoms with Crippen LogP contribution in [0.5, 0.6) is 0 Å². The van der Waals surface area contributed by atoms with Crippen molar-refractivity contribution in [1.29, 1.82) is 0 Å². The van der Waals surface area contributed by atoms with Crippen molar-refractivity contribution in [3.63, 3.8) is 0 Å². The number of likely N-dealkylation sites (tertiary alicyclic amines) is 1. The molecule has 2 fully saturated rings. The number of piperidine rings is 1. The molecule has 172 valence electrons. The Balaban J connectivity index is 1.31. The van der Waals surface area contributed by atoms with Gasteiger partial charge in [-0.2, -0.15) is 0 Å². The Bertz CT molecular complexity index is 992. The van der Waals surface area contributed by atoms with Crippen molar-refractivity contribution in [2.45, 2.75) is 29.6 Å². The van der Waals surface area contributed by atoms with Gasteiger partial charge < -0.3 is 25.4 Å². The number of thioether (sulfide) groups is 1. The third-order valence-corrected chi connectivity index (χ3v) is 7.68. The number of hydrogen-bond donors (Lipinski definition) is 3. The van der Waals surface area contributed by atoms with Gasteiger partial charge in [-0.3, -0.25) is 14.4 Å². The highest BCUT2D eigenvalue weighted by Gasteiger charge is 2.30. The fourth-order valence-electron chi connectivity index (χ4n) is 3.79. The number of nitrogens with zero attached hydrogens (tertiary/aromatic N) is 2. The predicted molar refractivity (Wildman–Crippen MR) is 123 cm³/mol. The Morgan fingerprint density at radius 2 is 2.22 bits per heavy atom. The summed E-state index contributed by atoms with van der Waals surface area (Å²) < 4.78 is 6.98. The zero-order chi connectivity index (χ0) is 22.5. The number of ether oxygens (including phenoxy) is 1. The number of benzene rings is 1. The van der Waals surface area contributed by atoms with Crippen molar-refractivity contribution in [3.8, 4) is 0 Å². The Kier molecular flexibility index (Phi) is 7.61. The van der Waals surface area contributed by atoms with Gasteiger partial charge in [-0.05, 0) is 31.0 Å². The molecule has 1 aromatic heterocycles. The number of aliphatic hydroxyl groups excluding tert-OH is 1. The largest absolute Gasteiger partial charge is 0.395 e. The number of carbonyl (C=O) groups is 3. The van der Waals surface area contributed by atoms with Gasteiger partial charge in [0.15, 0.2) is 4.34 Å². The van der Waals surface area contributed by atoms with Crippen LogP contribution in [0, 0.1) is 5.92 Å². The molecular formula is C21H26N4O5S2. The van der Waals surface area contributed by atoms with E-state index in [-0.39, 0.29) is 42.7 Å². The zero-order valence-electron chi connectivity index (χ0n) is 17.5. The molecule has 9 nitrogen and oxygen atoms in total. The van der Waals surface area contributed by atoms with E-state index in [9.17, 15) is 14.4 Å². The molecule has 2 saturated heterocycles. The number of thiazole rings is 1. The van der Waals surface area contributed by atoms with E-state index < -0.39 is 0 Å². The third-order valence-electron chi connectivity index (χ3n) is 5.52. The number of hydrogen-bond acceptors (Lipinski definition) is 8. The number of β-amino-alcohol motifs (C(OH)–C–C–N with tert-alkyl or cyclic N) is 1. The number of aliphatic hydroxyl groups is 1. The standard InChI is InChI=1S/C21H26N4O5S2/c26-7-6-25-5-3-13(9-19(25)28)20(29)23-14-1-2-16-17(10-14)32-21(24-16)31-12-18(27)22-15-4-8-30-11-15/h1-2,10,13,15,26H,3-9,11-12H2,(H,22,27)(H,23,29). The van der Waals surface area contributed by atoms with Crippen molar-refractivity contribution in [2.24, 2.45) is 5.92 Å². The number of carbonyl (C=O) groups excluding carboxylic acids is 3. The van der Waals surface area contributed by atoms with Crippen molar-refractivity contribution in [2.75, 3.05) is 44.0 Å². The molecule has 11 heteroatoms. The van der Waals surface area contributed by atoms with Crippen molar-refractivity contribution >= 4 is 56.7 Å². The summed E-state index contributed by atoms with van der Waals surface area (Å²) in [7, 11) is 0. The smallest absolute Gasteiger partial charge is 0.230 e. The first-order valence-electron chi connectivity index (χ1n) is 10.6. The molecule has 1 aromatic carbocycles. The average Bonchev–Trinajstić information content (AvgIpc) is 3.43. The molecule has 0 spiro atoms. The van der Waals surface area contributed by atoms with E-state index in [1.54, 1.807) is 11.0 Å². The molecular weight excluding hydrogens is 452 g/mol. The summed E-state index contributed by atoms with van der Waals surface area (Å²) in [5.41, 5.74) is 1.47. The summed E-state index contributed by atoms with van der Waals surface area (Å²) >= 11 is 2.87. The Labute approximate surface area is 193 Å². The highest BCUT2D eigenvalue weighted by Crippen LogP contribution is 2.31. The first kappa shape index (κ1) is 23.0. The second-order valence-corrected chi connectivity index (χ2v) is 10.1. The summed E-state index contributed by atoms with van der Waals surface area (Å²) in [6, 6.07) is 5.61. The van der Waals surface area contributed by atoms with E-state index in [1.165, 1.54) is 23.1 Å². The number of aromatic nitrogens is 1. The molecule has 2 aromatic rings. The Hall–Kier alpha value is -2.21. The van der Waals surface area contributed by atoms with Gasteiger partial charge in [-0.15, -0.1) is 11.3 Å². The summed E-state index contributed by atoms with van der Waals surface area (Å²) in [5.74, 6) is -0.382. The second kappa shape index (κ2) is 10.6. The van der Waals surface area contributed by atoms with Crippen LogP contribution in [0.1, 0.15) is 19.3 Å². The van der Waals surface area contributed by atoms with E-state index in [4.69, 9.17) is 9.84 Å². The van der Waals surface area contributed by atoms with Crippen LogP contribution in [0.4, 0.5) is 5.69 Å². The lowest BCUT2D eigenvalue weighted by Crippen LogP contribution is -2.43. The van der Waals surface area contributed by atoms with Crippen LogP contribution in [0.25, 0.3) is 10.2 Å². The van der Waals surface area contributed by atoms with Gasteiger partial charge in [0.05, 0.1) is 35.2 Å².